The third-order valence-electron chi connectivity index (χ3n) is 4.52. The highest BCUT2D eigenvalue weighted by molar-refractivity contribution is 6.74. The number of hydrogen-bond acceptors (Lipinski definition) is 2. The van der Waals surface area contributed by atoms with Gasteiger partial charge in [0.1, 0.15) is 6.29 Å². The molecule has 0 aromatic rings. The van der Waals surface area contributed by atoms with E-state index in [-0.39, 0.29) is 23.5 Å². The van der Waals surface area contributed by atoms with Gasteiger partial charge in [0.25, 0.3) is 6.08 Å². The van der Waals surface area contributed by atoms with Crippen molar-refractivity contribution in [3.8, 4) is 0 Å². The predicted molar refractivity (Wildman–Crippen MR) is 95.3 cm³/mol. The molecule has 0 aliphatic rings. The number of halogens is 2. The molecular weight excluding hydrogens is 314 g/mol. The molecule has 0 radical (unpaired) electrons. The molecule has 0 aromatic heterocycles. The summed E-state index contributed by atoms with van der Waals surface area (Å²) in [6, 6.07) is 0. The molecule has 0 fully saturated rings. The highest BCUT2D eigenvalue weighted by Crippen LogP contribution is 2.36. The van der Waals surface area contributed by atoms with E-state index in [1.54, 1.807) is 0 Å². The zero-order chi connectivity index (χ0) is 18.1. The van der Waals surface area contributed by atoms with E-state index in [1.165, 1.54) is 5.57 Å². The summed E-state index contributed by atoms with van der Waals surface area (Å²) in [6.07, 6.45) is 3.29. The maximum absolute atomic E-state index is 12.6. The number of carbonyl (C=O) groups is 1. The molecule has 2 nitrogen and oxygen atoms in total. The van der Waals surface area contributed by atoms with Crippen LogP contribution in [0.2, 0.25) is 18.1 Å². The maximum atomic E-state index is 12.6. The Kier molecular flexibility index (Phi) is 9.78. The zero-order valence-corrected chi connectivity index (χ0v) is 16.5. The van der Waals surface area contributed by atoms with Gasteiger partial charge in [-0.2, -0.15) is 8.78 Å². The van der Waals surface area contributed by atoms with Crippen LogP contribution >= 0.6 is 0 Å². The van der Waals surface area contributed by atoms with Gasteiger partial charge in [-0.25, -0.2) is 0 Å². The van der Waals surface area contributed by atoms with Crippen molar-refractivity contribution in [1.82, 2.24) is 0 Å². The molecular formula is C18H32F2O2Si. The van der Waals surface area contributed by atoms with Gasteiger partial charge in [-0.15, -0.1) is 0 Å². The zero-order valence-electron chi connectivity index (χ0n) is 15.5. The van der Waals surface area contributed by atoms with Gasteiger partial charge in [0.2, 0.25) is 0 Å². The van der Waals surface area contributed by atoms with Crippen LogP contribution in [0.3, 0.4) is 0 Å². The fourth-order valence-electron chi connectivity index (χ4n) is 1.86. The molecule has 0 saturated carbocycles. The fraction of sp³-hybridized carbons (Fsp3) is 0.722. The van der Waals surface area contributed by atoms with E-state index in [1.807, 2.05) is 13.0 Å². The third-order valence-corrected chi connectivity index (χ3v) is 9.06. The summed E-state index contributed by atoms with van der Waals surface area (Å²) >= 11 is 0. The fourth-order valence-corrected chi connectivity index (χ4v) is 2.95. The number of allylic oxidation sites excluding steroid dienone is 3. The van der Waals surface area contributed by atoms with Crippen molar-refractivity contribution in [3.05, 3.63) is 23.3 Å². The summed E-state index contributed by atoms with van der Waals surface area (Å²) in [5.74, 6) is 0. The lowest BCUT2D eigenvalue weighted by Crippen LogP contribution is -2.40. The van der Waals surface area contributed by atoms with Crippen molar-refractivity contribution in [3.63, 3.8) is 0 Å². The molecule has 0 unspecified atom stereocenters. The average molecular weight is 347 g/mol. The van der Waals surface area contributed by atoms with Crippen LogP contribution in [0, 0.1) is 0 Å². The van der Waals surface area contributed by atoms with Crippen molar-refractivity contribution in [1.29, 1.82) is 0 Å². The van der Waals surface area contributed by atoms with Crippen molar-refractivity contribution < 1.29 is 18.0 Å². The molecule has 23 heavy (non-hydrogen) atoms. The third kappa shape index (κ3) is 9.16. The lowest BCUT2D eigenvalue weighted by Gasteiger charge is -2.36. The van der Waals surface area contributed by atoms with Crippen LogP contribution in [0.5, 0.6) is 0 Å². The molecule has 0 bridgehead atoms. The molecule has 0 amide bonds. The Morgan fingerprint density at radius 1 is 1.17 bits per heavy atom. The summed E-state index contributed by atoms with van der Waals surface area (Å²) < 4.78 is 31.2. The maximum Gasteiger partial charge on any atom is 0.269 e. The van der Waals surface area contributed by atoms with Crippen LogP contribution in [-0.2, 0) is 9.22 Å². The van der Waals surface area contributed by atoms with Crippen molar-refractivity contribution in [2.45, 2.75) is 77.9 Å². The van der Waals surface area contributed by atoms with Crippen LogP contribution < -0.4 is 0 Å². The molecule has 0 heterocycles. The first-order valence-corrected chi connectivity index (χ1v) is 11.2. The lowest BCUT2D eigenvalue weighted by molar-refractivity contribution is -0.107. The summed E-state index contributed by atoms with van der Waals surface area (Å²) in [6.45, 7) is 13.9. The SMILES string of the molecule is C/C(=C\CCC(CC=O)=C(F)F)CCCO[Si](C)(C)C(C)(C)C. The van der Waals surface area contributed by atoms with Crippen LogP contribution in [-0.4, -0.2) is 21.2 Å². The predicted octanol–water partition coefficient (Wildman–Crippen LogP) is 6.25. The van der Waals surface area contributed by atoms with Gasteiger partial charge in [0.15, 0.2) is 8.32 Å². The van der Waals surface area contributed by atoms with Crippen LogP contribution in [0.4, 0.5) is 8.78 Å². The summed E-state index contributed by atoms with van der Waals surface area (Å²) in [5.41, 5.74) is 1.14. The highest BCUT2D eigenvalue weighted by atomic mass is 28.4. The second-order valence-corrected chi connectivity index (χ2v) is 12.3. The smallest absolute Gasteiger partial charge is 0.269 e. The standard InChI is InChI=1S/C18H32F2O2Si/c1-15(9-7-11-16(12-13-21)17(19)20)10-8-14-22-23(5,6)18(2,3)4/h9,13H,7-8,10-12,14H2,1-6H3/b15-9+. The molecule has 0 spiro atoms. The van der Waals surface area contributed by atoms with Gasteiger partial charge < -0.3 is 9.22 Å². The molecule has 0 aliphatic carbocycles. The lowest BCUT2D eigenvalue weighted by atomic mass is 10.1. The Morgan fingerprint density at radius 2 is 1.78 bits per heavy atom. The Labute approximate surface area is 141 Å². The Hall–Kier alpha value is -0.813. The summed E-state index contributed by atoms with van der Waals surface area (Å²) in [7, 11) is -1.68. The van der Waals surface area contributed by atoms with E-state index in [4.69, 9.17) is 4.43 Å². The first kappa shape index (κ1) is 22.2. The molecule has 0 aromatic carbocycles. The minimum atomic E-state index is -1.72. The Bertz CT molecular complexity index is 431. The van der Waals surface area contributed by atoms with E-state index in [2.05, 4.69) is 33.9 Å². The Balaban J connectivity index is 4.14. The van der Waals surface area contributed by atoms with Crippen LogP contribution in [0.1, 0.15) is 59.8 Å². The minimum absolute atomic E-state index is 0.0506. The Morgan fingerprint density at radius 3 is 2.26 bits per heavy atom. The number of rotatable bonds is 10. The molecule has 134 valence electrons. The van der Waals surface area contributed by atoms with Gasteiger partial charge >= 0.3 is 0 Å². The number of hydrogen-bond donors (Lipinski definition) is 0. The van der Waals surface area contributed by atoms with Gasteiger partial charge in [0.05, 0.1) is 0 Å². The second kappa shape index (κ2) is 10.1. The second-order valence-electron chi connectivity index (χ2n) is 7.54. The monoisotopic (exact) mass is 346 g/mol. The minimum Gasteiger partial charge on any atom is -0.417 e. The highest BCUT2D eigenvalue weighted by Gasteiger charge is 2.36. The number of carbonyl (C=O) groups excluding carboxylic acids is 1. The first-order chi connectivity index (χ1) is 10.5. The molecule has 5 heteroatoms. The van der Waals surface area contributed by atoms with Gasteiger partial charge in [-0.05, 0) is 50.7 Å². The van der Waals surface area contributed by atoms with Crippen LogP contribution in [0.15, 0.2) is 23.3 Å². The van der Waals surface area contributed by atoms with E-state index in [0.717, 1.165) is 19.4 Å². The van der Waals surface area contributed by atoms with Crippen LogP contribution in [0.25, 0.3) is 0 Å². The van der Waals surface area contributed by atoms with Gasteiger partial charge in [-0.1, -0.05) is 32.4 Å². The van der Waals surface area contributed by atoms with Crippen molar-refractivity contribution in [2.75, 3.05) is 6.61 Å². The normalized spacial score (nSPS) is 13.1. The van der Waals surface area contributed by atoms with E-state index >= 15 is 0 Å². The molecule has 0 rings (SSSR count). The molecule has 0 aliphatic heterocycles. The summed E-state index contributed by atoms with van der Waals surface area (Å²) in [5, 5.41) is 0.218. The van der Waals surface area contributed by atoms with Crippen molar-refractivity contribution >= 4 is 14.6 Å². The largest absolute Gasteiger partial charge is 0.417 e. The number of aldehydes is 1. The molecule has 0 atom stereocenters. The summed E-state index contributed by atoms with van der Waals surface area (Å²) in [4.78, 5) is 10.3. The van der Waals surface area contributed by atoms with Gasteiger partial charge in [0, 0.05) is 18.6 Å². The van der Waals surface area contributed by atoms with Crippen molar-refractivity contribution in [2.24, 2.45) is 0 Å². The molecule has 0 saturated heterocycles. The quantitative estimate of drug-likeness (QED) is 0.202. The van der Waals surface area contributed by atoms with E-state index < -0.39 is 14.4 Å². The van der Waals surface area contributed by atoms with E-state index in [9.17, 15) is 13.6 Å². The first-order valence-electron chi connectivity index (χ1n) is 8.27. The van der Waals surface area contributed by atoms with E-state index in [0.29, 0.717) is 12.7 Å². The average Bonchev–Trinajstić information content (AvgIpc) is 2.41. The molecule has 0 N–H and O–H groups in total. The topological polar surface area (TPSA) is 26.3 Å². The van der Waals surface area contributed by atoms with Gasteiger partial charge in [-0.3, -0.25) is 0 Å².